The first-order valence-electron chi connectivity index (χ1n) is 10.9. The largest absolute Gasteiger partial charge is 0.351 e. The average molecular weight is 480 g/mol. The van der Waals surface area contributed by atoms with Gasteiger partial charge in [0.05, 0.1) is 23.0 Å². The summed E-state index contributed by atoms with van der Waals surface area (Å²) in [6.45, 7) is 7.09. The molecule has 8 heteroatoms. The van der Waals surface area contributed by atoms with E-state index >= 15 is 0 Å². The molecule has 3 aromatic rings. The normalized spacial score (nSPS) is 15.8. The van der Waals surface area contributed by atoms with Crippen LogP contribution in [0.5, 0.6) is 0 Å². The molecular formula is C25H26ClN5OS. The molecule has 0 fully saturated rings. The van der Waals surface area contributed by atoms with Gasteiger partial charge in [0.1, 0.15) is 0 Å². The lowest BCUT2D eigenvalue weighted by molar-refractivity contribution is -0.127. The smallest absolute Gasteiger partial charge is 0.253 e. The minimum atomic E-state index is -0.449. The molecule has 0 unspecified atom stereocenters. The SMILES string of the molecule is CCN(CC)C(=O)C1=C(C)NC(=S)N[C@@H]1c1cn(-c2ccccc2)nc1-c1ccc(Cl)cc1. The van der Waals surface area contributed by atoms with E-state index in [1.807, 2.05) is 91.1 Å². The maximum atomic E-state index is 13.5. The first kappa shape index (κ1) is 23.0. The molecule has 170 valence electrons. The summed E-state index contributed by atoms with van der Waals surface area (Å²) in [5.41, 5.74) is 4.83. The highest BCUT2D eigenvalue weighted by Gasteiger charge is 2.34. The monoisotopic (exact) mass is 479 g/mol. The second-order valence-electron chi connectivity index (χ2n) is 7.77. The third-order valence-electron chi connectivity index (χ3n) is 5.74. The molecule has 2 heterocycles. The lowest BCUT2D eigenvalue weighted by Gasteiger charge is -2.32. The molecular weight excluding hydrogens is 454 g/mol. The van der Waals surface area contributed by atoms with Crippen molar-refractivity contribution in [2.45, 2.75) is 26.8 Å². The van der Waals surface area contributed by atoms with Gasteiger partial charge in [0, 0.05) is 41.1 Å². The first-order chi connectivity index (χ1) is 15.9. The van der Waals surface area contributed by atoms with E-state index in [0.717, 1.165) is 28.2 Å². The summed E-state index contributed by atoms with van der Waals surface area (Å²) in [7, 11) is 0. The Hall–Kier alpha value is -3.16. The molecule has 0 bridgehead atoms. The minimum absolute atomic E-state index is 0.0282. The molecule has 0 radical (unpaired) electrons. The summed E-state index contributed by atoms with van der Waals surface area (Å²) in [5, 5.41) is 12.5. The summed E-state index contributed by atoms with van der Waals surface area (Å²) in [4.78, 5) is 15.3. The lowest BCUT2D eigenvalue weighted by Crippen LogP contribution is -2.47. The van der Waals surface area contributed by atoms with Gasteiger partial charge in [0.25, 0.3) is 5.91 Å². The quantitative estimate of drug-likeness (QED) is 0.495. The topological polar surface area (TPSA) is 62.2 Å². The molecule has 0 saturated heterocycles. The van der Waals surface area contributed by atoms with E-state index in [2.05, 4.69) is 10.6 Å². The van der Waals surface area contributed by atoms with Crippen molar-refractivity contribution < 1.29 is 4.79 Å². The van der Waals surface area contributed by atoms with Crippen LogP contribution < -0.4 is 10.6 Å². The highest BCUT2D eigenvalue weighted by atomic mass is 35.5. The number of likely N-dealkylation sites (N-methyl/N-ethyl adjacent to an activating group) is 1. The van der Waals surface area contributed by atoms with Gasteiger partial charge in [-0.25, -0.2) is 4.68 Å². The van der Waals surface area contributed by atoms with Gasteiger partial charge in [-0.15, -0.1) is 0 Å². The fraction of sp³-hybridized carbons (Fsp3) is 0.240. The highest BCUT2D eigenvalue weighted by molar-refractivity contribution is 7.80. The van der Waals surface area contributed by atoms with Crippen LogP contribution >= 0.6 is 23.8 Å². The van der Waals surface area contributed by atoms with E-state index < -0.39 is 6.04 Å². The predicted octanol–water partition coefficient (Wildman–Crippen LogP) is 4.85. The molecule has 1 aliphatic rings. The Kier molecular flexibility index (Phi) is 6.81. The van der Waals surface area contributed by atoms with Gasteiger partial charge in [-0.2, -0.15) is 5.10 Å². The number of halogens is 1. The van der Waals surface area contributed by atoms with Crippen LogP contribution in [0.15, 0.2) is 72.1 Å². The molecule has 2 aromatic carbocycles. The van der Waals surface area contributed by atoms with Crippen LogP contribution in [0.3, 0.4) is 0 Å². The van der Waals surface area contributed by atoms with Gasteiger partial charge < -0.3 is 15.5 Å². The van der Waals surface area contributed by atoms with Crippen LogP contribution in [0, 0.1) is 0 Å². The number of hydrogen-bond acceptors (Lipinski definition) is 3. The number of thiocarbonyl (C=S) groups is 1. The number of benzene rings is 2. The van der Waals surface area contributed by atoms with E-state index in [9.17, 15) is 4.79 Å². The number of rotatable bonds is 6. The van der Waals surface area contributed by atoms with Crippen molar-refractivity contribution >= 4 is 34.8 Å². The van der Waals surface area contributed by atoms with E-state index in [1.54, 1.807) is 0 Å². The second-order valence-corrected chi connectivity index (χ2v) is 8.61. The molecule has 1 aromatic heterocycles. The third kappa shape index (κ3) is 4.65. The molecule has 4 rings (SSSR count). The van der Waals surface area contributed by atoms with Gasteiger partial charge in [-0.3, -0.25) is 4.79 Å². The highest BCUT2D eigenvalue weighted by Crippen LogP contribution is 2.35. The number of nitrogens with zero attached hydrogens (tertiary/aromatic N) is 3. The third-order valence-corrected chi connectivity index (χ3v) is 6.21. The summed E-state index contributed by atoms with van der Waals surface area (Å²) in [6.07, 6.45) is 1.97. The van der Waals surface area contributed by atoms with Crippen LogP contribution in [-0.2, 0) is 4.79 Å². The van der Waals surface area contributed by atoms with Crippen molar-refractivity contribution in [2.75, 3.05) is 13.1 Å². The molecule has 1 atom stereocenters. The number of carbonyl (C=O) groups is 1. The number of hydrogen-bond donors (Lipinski definition) is 2. The number of para-hydroxylation sites is 1. The van der Waals surface area contributed by atoms with E-state index in [1.165, 1.54) is 0 Å². The number of aromatic nitrogens is 2. The molecule has 2 N–H and O–H groups in total. The van der Waals surface area contributed by atoms with Crippen molar-refractivity contribution in [3.05, 3.63) is 82.7 Å². The molecule has 33 heavy (non-hydrogen) atoms. The van der Waals surface area contributed by atoms with Gasteiger partial charge in [-0.1, -0.05) is 41.9 Å². The van der Waals surface area contributed by atoms with Crippen molar-refractivity contribution in [1.29, 1.82) is 0 Å². The predicted molar refractivity (Wildman–Crippen MR) is 136 cm³/mol. The number of carbonyl (C=O) groups excluding carboxylic acids is 1. The standard InChI is InChI=1S/C25H26ClN5OS/c1-4-30(5-2)24(32)21-16(3)27-25(33)28-23(21)20-15-31(19-9-7-6-8-10-19)29-22(20)17-11-13-18(26)14-12-17/h6-15,23H,4-5H2,1-3H3,(H2,27,28,33)/t23-/m1/s1. The molecule has 1 amide bonds. The summed E-state index contributed by atoms with van der Waals surface area (Å²) < 4.78 is 1.83. The van der Waals surface area contributed by atoms with E-state index in [0.29, 0.717) is 28.8 Å². The van der Waals surface area contributed by atoms with Crippen LogP contribution in [0.1, 0.15) is 32.4 Å². The Balaban J connectivity index is 1.90. The Morgan fingerprint density at radius 1 is 1.12 bits per heavy atom. The van der Waals surface area contributed by atoms with Crippen LogP contribution in [0.4, 0.5) is 0 Å². The Labute approximate surface area is 204 Å². The summed E-state index contributed by atoms with van der Waals surface area (Å²) in [5.74, 6) is -0.0282. The second kappa shape index (κ2) is 9.77. The van der Waals surface area contributed by atoms with E-state index in [-0.39, 0.29) is 5.91 Å². The van der Waals surface area contributed by atoms with Crippen LogP contribution in [0.2, 0.25) is 5.02 Å². The van der Waals surface area contributed by atoms with Crippen molar-refractivity contribution in [3.63, 3.8) is 0 Å². The molecule has 0 spiro atoms. The molecule has 1 aliphatic heterocycles. The maximum absolute atomic E-state index is 13.5. The van der Waals surface area contributed by atoms with Gasteiger partial charge in [-0.05, 0) is 57.3 Å². The number of amides is 1. The lowest BCUT2D eigenvalue weighted by atomic mass is 9.93. The van der Waals surface area contributed by atoms with Crippen molar-refractivity contribution in [1.82, 2.24) is 25.3 Å². The minimum Gasteiger partial charge on any atom is -0.351 e. The average Bonchev–Trinajstić information content (AvgIpc) is 3.26. The molecule has 6 nitrogen and oxygen atoms in total. The zero-order chi connectivity index (χ0) is 23.5. The van der Waals surface area contributed by atoms with Crippen LogP contribution in [0.25, 0.3) is 16.9 Å². The van der Waals surface area contributed by atoms with Gasteiger partial charge >= 0.3 is 0 Å². The van der Waals surface area contributed by atoms with Crippen LogP contribution in [-0.4, -0.2) is 38.8 Å². The first-order valence-corrected chi connectivity index (χ1v) is 11.7. The Bertz CT molecular complexity index is 1200. The summed E-state index contributed by atoms with van der Waals surface area (Å²) >= 11 is 11.6. The zero-order valence-corrected chi connectivity index (χ0v) is 20.4. The van der Waals surface area contributed by atoms with Crippen molar-refractivity contribution in [3.8, 4) is 16.9 Å². The summed E-state index contributed by atoms with van der Waals surface area (Å²) in [6, 6.07) is 17.0. The fourth-order valence-corrected chi connectivity index (χ4v) is 4.43. The van der Waals surface area contributed by atoms with Gasteiger partial charge in [0.15, 0.2) is 5.11 Å². The Morgan fingerprint density at radius 3 is 2.42 bits per heavy atom. The Morgan fingerprint density at radius 2 is 1.79 bits per heavy atom. The zero-order valence-electron chi connectivity index (χ0n) is 18.8. The maximum Gasteiger partial charge on any atom is 0.253 e. The fourth-order valence-electron chi connectivity index (χ4n) is 4.04. The van der Waals surface area contributed by atoms with Crippen molar-refractivity contribution in [2.24, 2.45) is 0 Å². The number of nitrogens with one attached hydrogen (secondary N) is 2. The van der Waals surface area contributed by atoms with Gasteiger partial charge in [0.2, 0.25) is 0 Å². The molecule has 0 saturated carbocycles. The number of allylic oxidation sites excluding steroid dienone is 1. The molecule has 0 aliphatic carbocycles. The van der Waals surface area contributed by atoms with E-state index in [4.69, 9.17) is 28.9 Å².